The van der Waals surface area contributed by atoms with Crippen LogP contribution in [0.2, 0.25) is 0 Å². The Morgan fingerprint density at radius 3 is 2.38 bits per heavy atom. The summed E-state index contributed by atoms with van der Waals surface area (Å²) < 4.78 is 29.9. The Morgan fingerprint density at radius 2 is 1.79 bits per heavy atom. The van der Waals surface area contributed by atoms with Gasteiger partial charge in [-0.05, 0) is 38.0 Å². The average Bonchev–Trinajstić information content (AvgIpc) is 3.12. The van der Waals surface area contributed by atoms with Crippen molar-refractivity contribution in [1.82, 2.24) is 18.8 Å². The monoisotopic (exact) mass is 509 g/mol. The Labute approximate surface area is 202 Å². The minimum atomic E-state index is -3.89. The number of nitrogens with zero attached hydrogens (tertiary/aromatic N) is 4. The molecular formula is C22H31N5O5S2. The number of nitrogens with two attached hydrogens (primary N) is 1. The zero-order chi connectivity index (χ0) is 24.8. The molecule has 2 fully saturated rings. The quantitative estimate of drug-likeness (QED) is 0.642. The number of fused-ring (bicyclic) bond motifs is 1. The number of thiophene rings is 1. The van der Waals surface area contributed by atoms with Crippen LogP contribution in [-0.4, -0.2) is 65.2 Å². The van der Waals surface area contributed by atoms with E-state index in [2.05, 4.69) is 4.98 Å². The van der Waals surface area contributed by atoms with E-state index in [1.165, 1.54) is 26.5 Å². The molecule has 2 N–H and O–H groups in total. The predicted octanol–water partition coefficient (Wildman–Crippen LogP) is 1.16. The zero-order valence-electron chi connectivity index (χ0n) is 19.7. The van der Waals surface area contributed by atoms with Crippen LogP contribution in [0.4, 0.5) is 0 Å². The minimum absolute atomic E-state index is 0.00960. The van der Waals surface area contributed by atoms with Gasteiger partial charge in [0.1, 0.15) is 16.3 Å². The molecule has 4 heterocycles. The van der Waals surface area contributed by atoms with E-state index >= 15 is 0 Å². The second-order valence-electron chi connectivity index (χ2n) is 9.67. The van der Waals surface area contributed by atoms with Crippen LogP contribution in [0, 0.1) is 24.7 Å². The van der Waals surface area contributed by atoms with E-state index in [0.29, 0.717) is 48.7 Å². The van der Waals surface area contributed by atoms with Crippen molar-refractivity contribution in [3.63, 3.8) is 0 Å². The number of primary amides is 1. The number of aryl methyl sites for hydroxylation is 1. The second kappa shape index (κ2) is 9.38. The van der Waals surface area contributed by atoms with Crippen LogP contribution >= 0.6 is 11.3 Å². The highest BCUT2D eigenvalue weighted by molar-refractivity contribution is 7.89. The summed E-state index contributed by atoms with van der Waals surface area (Å²) in [5.74, 6) is -0.422. The Balaban J connectivity index is 1.64. The fraction of sp³-hybridized carbons (Fsp3) is 0.636. The Morgan fingerprint density at radius 1 is 1.18 bits per heavy atom. The molecular weight excluding hydrogens is 478 g/mol. The highest BCUT2D eigenvalue weighted by atomic mass is 32.2. The van der Waals surface area contributed by atoms with Gasteiger partial charge >= 0.3 is 0 Å². The van der Waals surface area contributed by atoms with Gasteiger partial charge in [0.2, 0.25) is 21.8 Å². The molecule has 0 aliphatic carbocycles. The molecule has 2 aromatic rings. The zero-order valence-corrected chi connectivity index (χ0v) is 21.3. The standard InChI is InChI=1S/C22H31N5O5S2/c1-13-8-14(2)10-27(9-13)34(31,32)19-15(3)33-21-18(19)22(30)26(12-24-21)11-17(28)25-6-4-16(5-7-25)20(23)29/h12-14,16H,4-11H2,1-3H3,(H2,23,29)/t13-,14+. The number of carbonyl (C=O) groups excluding carboxylic acids is 2. The van der Waals surface area contributed by atoms with E-state index in [1.54, 1.807) is 11.8 Å². The van der Waals surface area contributed by atoms with E-state index in [1.807, 2.05) is 13.8 Å². The van der Waals surface area contributed by atoms with Gasteiger partial charge in [0.15, 0.2) is 0 Å². The number of aromatic nitrogens is 2. The van der Waals surface area contributed by atoms with Gasteiger partial charge in [0.25, 0.3) is 5.56 Å². The van der Waals surface area contributed by atoms with Crippen molar-refractivity contribution in [3.8, 4) is 0 Å². The summed E-state index contributed by atoms with van der Waals surface area (Å²) in [6, 6.07) is 0. The molecule has 2 amide bonds. The lowest BCUT2D eigenvalue weighted by atomic mass is 9.94. The van der Waals surface area contributed by atoms with Crippen molar-refractivity contribution in [3.05, 3.63) is 21.6 Å². The van der Waals surface area contributed by atoms with Gasteiger partial charge in [-0.25, -0.2) is 13.4 Å². The van der Waals surface area contributed by atoms with Crippen molar-refractivity contribution in [2.45, 2.75) is 51.5 Å². The third-order valence-electron chi connectivity index (χ3n) is 6.79. The summed E-state index contributed by atoms with van der Waals surface area (Å²) in [6.45, 7) is 7.11. The molecule has 0 unspecified atom stereocenters. The number of rotatable bonds is 5. The fourth-order valence-electron chi connectivity index (χ4n) is 5.13. The maximum Gasteiger partial charge on any atom is 0.263 e. The van der Waals surface area contributed by atoms with Crippen LogP contribution in [0.15, 0.2) is 16.0 Å². The highest BCUT2D eigenvalue weighted by Gasteiger charge is 2.36. The largest absolute Gasteiger partial charge is 0.369 e. The van der Waals surface area contributed by atoms with E-state index in [9.17, 15) is 22.8 Å². The van der Waals surface area contributed by atoms with Gasteiger partial charge < -0.3 is 10.6 Å². The SMILES string of the molecule is Cc1sc2ncn(CC(=O)N3CCC(C(N)=O)CC3)c(=O)c2c1S(=O)(=O)N1C[C@H](C)C[C@H](C)C1. The van der Waals surface area contributed by atoms with Gasteiger partial charge in [0, 0.05) is 37.0 Å². The van der Waals surface area contributed by atoms with Crippen LogP contribution in [0.1, 0.15) is 38.0 Å². The molecule has 12 heteroatoms. The summed E-state index contributed by atoms with van der Waals surface area (Å²) in [6.07, 6.45) is 3.25. The van der Waals surface area contributed by atoms with E-state index in [0.717, 1.165) is 6.42 Å². The van der Waals surface area contributed by atoms with Crippen molar-refractivity contribution >= 4 is 43.4 Å². The highest BCUT2D eigenvalue weighted by Crippen LogP contribution is 2.35. The number of amides is 2. The van der Waals surface area contributed by atoms with Crippen molar-refractivity contribution in [1.29, 1.82) is 0 Å². The Bertz CT molecular complexity index is 1270. The lowest BCUT2D eigenvalue weighted by Gasteiger charge is -2.34. The summed E-state index contributed by atoms with van der Waals surface area (Å²) >= 11 is 1.17. The van der Waals surface area contributed by atoms with Crippen molar-refractivity contribution < 1.29 is 18.0 Å². The molecule has 0 aromatic carbocycles. The number of hydrogen-bond acceptors (Lipinski definition) is 7. The van der Waals surface area contributed by atoms with Crippen LogP contribution < -0.4 is 11.3 Å². The minimum Gasteiger partial charge on any atom is -0.369 e. The Hall–Kier alpha value is -2.31. The van der Waals surface area contributed by atoms with Gasteiger partial charge in [-0.1, -0.05) is 13.8 Å². The smallest absolute Gasteiger partial charge is 0.263 e. The molecule has 0 spiro atoms. The topological polar surface area (TPSA) is 136 Å². The molecule has 186 valence electrons. The number of hydrogen-bond donors (Lipinski definition) is 1. The molecule has 0 saturated carbocycles. The number of piperidine rings is 2. The van der Waals surface area contributed by atoms with Crippen molar-refractivity contribution in [2.75, 3.05) is 26.2 Å². The molecule has 2 aromatic heterocycles. The molecule has 2 atom stereocenters. The van der Waals surface area contributed by atoms with E-state index < -0.39 is 15.6 Å². The fourth-order valence-corrected chi connectivity index (χ4v) is 8.47. The predicted molar refractivity (Wildman–Crippen MR) is 129 cm³/mol. The summed E-state index contributed by atoms with van der Waals surface area (Å²) in [4.78, 5) is 44.4. The summed E-state index contributed by atoms with van der Waals surface area (Å²) in [7, 11) is -3.89. The maximum atomic E-state index is 13.6. The first kappa shape index (κ1) is 24.8. The van der Waals surface area contributed by atoms with Crippen LogP contribution in [0.3, 0.4) is 0 Å². The molecule has 0 bridgehead atoms. The van der Waals surface area contributed by atoms with Crippen molar-refractivity contribution in [2.24, 2.45) is 23.5 Å². The van der Waals surface area contributed by atoms with Crippen LogP contribution in [0.25, 0.3) is 10.2 Å². The molecule has 4 rings (SSSR count). The van der Waals surface area contributed by atoms with Gasteiger partial charge in [0.05, 0.1) is 11.7 Å². The number of sulfonamides is 1. The Kier molecular flexibility index (Phi) is 6.85. The number of carbonyl (C=O) groups is 2. The van der Waals surface area contributed by atoms with E-state index in [-0.39, 0.29) is 46.4 Å². The van der Waals surface area contributed by atoms with Gasteiger partial charge in [-0.15, -0.1) is 11.3 Å². The van der Waals surface area contributed by atoms with E-state index in [4.69, 9.17) is 5.73 Å². The number of likely N-dealkylation sites (tertiary alicyclic amines) is 1. The van der Waals surface area contributed by atoms with Crippen LogP contribution in [-0.2, 0) is 26.2 Å². The third kappa shape index (κ3) is 4.63. The first-order chi connectivity index (χ1) is 16.0. The third-order valence-corrected chi connectivity index (χ3v) is 9.94. The molecule has 2 aliphatic heterocycles. The van der Waals surface area contributed by atoms with Gasteiger partial charge in [-0.2, -0.15) is 4.31 Å². The van der Waals surface area contributed by atoms with Gasteiger partial charge in [-0.3, -0.25) is 19.0 Å². The lowest BCUT2D eigenvalue weighted by molar-refractivity contribution is -0.135. The van der Waals surface area contributed by atoms with Crippen LogP contribution in [0.5, 0.6) is 0 Å². The lowest BCUT2D eigenvalue weighted by Crippen LogP contribution is -2.44. The molecule has 2 aliphatic rings. The average molecular weight is 510 g/mol. The molecule has 0 radical (unpaired) electrons. The second-order valence-corrected chi connectivity index (χ2v) is 12.7. The first-order valence-corrected chi connectivity index (χ1v) is 13.8. The molecule has 34 heavy (non-hydrogen) atoms. The summed E-state index contributed by atoms with van der Waals surface area (Å²) in [5, 5.41) is 0.0520. The first-order valence-electron chi connectivity index (χ1n) is 11.5. The maximum absolute atomic E-state index is 13.6. The normalized spacial score (nSPS) is 22.9. The summed E-state index contributed by atoms with van der Waals surface area (Å²) in [5.41, 5.74) is 4.82. The molecule has 2 saturated heterocycles. The molecule has 10 nitrogen and oxygen atoms in total.